The molecular formula is C15H21N3O2. The minimum absolute atomic E-state index is 0.0963. The third-order valence-corrected chi connectivity index (χ3v) is 3.32. The number of methoxy groups -OCH3 is 1. The third kappa shape index (κ3) is 2.87. The van der Waals surface area contributed by atoms with Crippen LogP contribution in [0.25, 0.3) is 0 Å². The monoisotopic (exact) mass is 275 g/mol. The van der Waals surface area contributed by atoms with Crippen molar-refractivity contribution in [2.24, 2.45) is 7.05 Å². The molecule has 5 nitrogen and oxygen atoms in total. The molecule has 108 valence electrons. The van der Waals surface area contributed by atoms with Gasteiger partial charge in [-0.15, -0.1) is 0 Å². The van der Waals surface area contributed by atoms with Crippen molar-refractivity contribution in [3.05, 3.63) is 35.7 Å². The molecule has 1 atom stereocenters. The molecule has 1 heterocycles. The molecule has 0 saturated heterocycles. The van der Waals surface area contributed by atoms with Gasteiger partial charge in [0.1, 0.15) is 0 Å². The number of aromatic hydroxyl groups is 1. The first-order valence-corrected chi connectivity index (χ1v) is 6.71. The van der Waals surface area contributed by atoms with Gasteiger partial charge in [-0.3, -0.25) is 4.68 Å². The lowest BCUT2D eigenvalue weighted by molar-refractivity contribution is 0.373. The van der Waals surface area contributed by atoms with Crippen molar-refractivity contribution in [1.29, 1.82) is 0 Å². The second kappa shape index (κ2) is 5.86. The number of phenols is 1. The topological polar surface area (TPSA) is 59.3 Å². The normalized spacial score (nSPS) is 12.2. The number of rotatable bonds is 5. The first kappa shape index (κ1) is 14.2. The fourth-order valence-electron chi connectivity index (χ4n) is 2.20. The molecule has 0 aliphatic heterocycles. The van der Waals surface area contributed by atoms with Crippen molar-refractivity contribution >= 4 is 5.69 Å². The molecule has 0 aliphatic rings. The molecule has 0 amide bonds. The number of hydrogen-bond donors (Lipinski definition) is 2. The summed E-state index contributed by atoms with van der Waals surface area (Å²) >= 11 is 0. The van der Waals surface area contributed by atoms with Gasteiger partial charge in [0, 0.05) is 19.3 Å². The average molecular weight is 275 g/mol. The van der Waals surface area contributed by atoms with E-state index in [-0.39, 0.29) is 11.8 Å². The molecule has 0 radical (unpaired) electrons. The van der Waals surface area contributed by atoms with Gasteiger partial charge in [0.2, 0.25) is 0 Å². The van der Waals surface area contributed by atoms with Gasteiger partial charge < -0.3 is 15.2 Å². The van der Waals surface area contributed by atoms with E-state index in [0.717, 1.165) is 23.4 Å². The maximum Gasteiger partial charge on any atom is 0.160 e. The number of nitrogens with zero attached hydrogens (tertiary/aromatic N) is 2. The predicted molar refractivity (Wildman–Crippen MR) is 79.3 cm³/mol. The van der Waals surface area contributed by atoms with Gasteiger partial charge in [-0.05, 0) is 31.0 Å². The van der Waals surface area contributed by atoms with Gasteiger partial charge in [-0.2, -0.15) is 5.10 Å². The first-order valence-electron chi connectivity index (χ1n) is 6.71. The molecule has 0 saturated carbocycles. The van der Waals surface area contributed by atoms with Crippen LogP contribution in [-0.2, 0) is 13.5 Å². The lowest BCUT2D eigenvalue weighted by atomic mass is 10.1. The molecule has 1 aromatic heterocycles. The molecule has 0 bridgehead atoms. The Balaban J connectivity index is 2.21. The Bertz CT molecular complexity index is 593. The second-order valence-corrected chi connectivity index (χ2v) is 4.81. The second-order valence-electron chi connectivity index (χ2n) is 4.81. The Morgan fingerprint density at radius 2 is 2.20 bits per heavy atom. The van der Waals surface area contributed by atoms with Crippen LogP contribution in [0.5, 0.6) is 11.5 Å². The molecule has 1 aromatic carbocycles. The smallest absolute Gasteiger partial charge is 0.160 e. The number of hydrogen-bond acceptors (Lipinski definition) is 4. The van der Waals surface area contributed by atoms with E-state index < -0.39 is 0 Å². The van der Waals surface area contributed by atoms with Gasteiger partial charge in [0.25, 0.3) is 0 Å². The SMILES string of the molecule is CCc1nn(C)cc1NC(C)c1ccc(O)c(OC)c1. The summed E-state index contributed by atoms with van der Waals surface area (Å²) in [5, 5.41) is 17.5. The summed E-state index contributed by atoms with van der Waals surface area (Å²) < 4.78 is 6.95. The lowest BCUT2D eigenvalue weighted by Gasteiger charge is -2.16. The summed E-state index contributed by atoms with van der Waals surface area (Å²) in [7, 11) is 3.46. The van der Waals surface area contributed by atoms with Crippen LogP contribution in [0, 0.1) is 0 Å². The van der Waals surface area contributed by atoms with Crippen molar-refractivity contribution < 1.29 is 9.84 Å². The molecule has 2 rings (SSSR count). The highest BCUT2D eigenvalue weighted by molar-refractivity contribution is 5.50. The number of nitrogens with one attached hydrogen (secondary N) is 1. The van der Waals surface area contributed by atoms with Gasteiger partial charge >= 0.3 is 0 Å². The summed E-state index contributed by atoms with van der Waals surface area (Å²) in [4.78, 5) is 0. The maximum absolute atomic E-state index is 9.63. The van der Waals surface area contributed by atoms with Crippen molar-refractivity contribution in [3.8, 4) is 11.5 Å². The van der Waals surface area contributed by atoms with Crippen molar-refractivity contribution in [2.45, 2.75) is 26.3 Å². The van der Waals surface area contributed by atoms with E-state index in [4.69, 9.17) is 4.74 Å². The van der Waals surface area contributed by atoms with Gasteiger partial charge in [0.05, 0.1) is 18.5 Å². The molecule has 0 spiro atoms. The van der Waals surface area contributed by atoms with Crippen LogP contribution in [-0.4, -0.2) is 22.0 Å². The van der Waals surface area contributed by atoms with Crippen LogP contribution >= 0.6 is 0 Å². The molecule has 0 fully saturated rings. The fraction of sp³-hybridized carbons (Fsp3) is 0.400. The van der Waals surface area contributed by atoms with Gasteiger partial charge in [-0.25, -0.2) is 0 Å². The molecule has 2 aromatic rings. The van der Waals surface area contributed by atoms with E-state index in [1.807, 2.05) is 30.1 Å². The number of anilines is 1. The minimum atomic E-state index is 0.0963. The third-order valence-electron chi connectivity index (χ3n) is 3.32. The molecule has 5 heteroatoms. The summed E-state index contributed by atoms with van der Waals surface area (Å²) in [6.45, 7) is 4.15. The molecule has 2 N–H and O–H groups in total. The van der Waals surface area contributed by atoms with E-state index in [1.54, 1.807) is 13.2 Å². The van der Waals surface area contributed by atoms with Crippen LogP contribution in [0.3, 0.4) is 0 Å². The highest BCUT2D eigenvalue weighted by Gasteiger charge is 2.12. The Morgan fingerprint density at radius 3 is 2.85 bits per heavy atom. The largest absolute Gasteiger partial charge is 0.504 e. The Kier molecular flexibility index (Phi) is 4.17. The van der Waals surface area contributed by atoms with E-state index in [0.29, 0.717) is 5.75 Å². The zero-order valence-corrected chi connectivity index (χ0v) is 12.3. The van der Waals surface area contributed by atoms with Crippen LogP contribution in [0.2, 0.25) is 0 Å². The lowest BCUT2D eigenvalue weighted by Crippen LogP contribution is -2.07. The zero-order chi connectivity index (χ0) is 14.7. The van der Waals surface area contributed by atoms with E-state index in [9.17, 15) is 5.11 Å². The number of phenolic OH excluding ortho intramolecular Hbond substituents is 1. The Hall–Kier alpha value is -2.17. The average Bonchev–Trinajstić information content (AvgIpc) is 2.79. The minimum Gasteiger partial charge on any atom is -0.504 e. The Labute approximate surface area is 119 Å². The number of ether oxygens (including phenoxy) is 1. The van der Waals surface area contributed by atoms with E-state index >= 15 is 0 Å². The van der Waals surface area contributed by atoms with Crippen LogP contribution in [0.1, 0.15) is 31.1 Å². The zero-order valence-electron chi connectivity index (χ0n) is 12.3. The standard InChI is InChI=1S/C15H21N3O2/c1-5-12-13(9-18(3)17-12)16-10(2)11-6-7-14(19)15(8-11)20-4/h6-10,16,19H,5H2,1-4H3. The quantitative estimate of drug-likeness (QED) is 0.881. The first-order chi connectivity index (χ1) is 9.55. The van der Waals surface area contributed by atoms with Crippen molar-refractivity contribution in [2.75, 3.05) is 12.4 Å². The molecule has 0 aliphatic carbocycles. The summed E-state index contributed by atoms with van der Waals surface area (Å²) in [6.07, 6.45) is 2.86. The predicted octanol–water partition coefficient (Wildman–Crippen LogP) is 2.87. The summed E-state index contributed by atoms with van der Waals surface area (Å²) in [5.41, 5.74) is 3.13. The highest BCUT2D eigenvalue weighted by Crippen LogP contribution is 2.30. The van der Waals surface area contributed by atoms with Gasteiger partial charge in [-0.1, -0.05) is 13.0 Å². The van der Waals surface area contributed by atoms with Crippen molar-refractivity contribution in [3.63, 3.8) is 0 Å². The number of aryl methyl sites for hydroxylation is 2. The summed E-state index contributed by atoms with van der Waals surface area (Å²) in [6, 6.07) is 5.47. The number of aromatic nitrogens is 2. The molecule has 1 unspecified atom stereocenters. The van der Waals surface area contributed by atoms with Crippen LogP contribution in [0.15, 0.2) is 24.4 Å². The fourth-order valence-corrected chi connectivity index (χ4v) is 2.20. The maximum atomic E-state index is 9.63. The van der Waals surface area contributed by atoms with Crippen LogP contribution < -0.4 is 10.1 Å². The number of benzene rings is 1. The highest BCUT2D eigenvalue weighted by atomic mass is 16.5. The van der Waals surface area contributed by atoms with E-state index in [1.165, 1.54) is 0 Å². The van der Waals surface area contributed by atoms with Crippen molar-refractivity contribution in [1.82, 2.24) is 9.78 Å². The molecule has 20 heavy (non-hydrogen) atoms. The molecular weight excluding hydrogens is 254 g/mol. The summed E-state index contributed by atoms with van der Waals surface area (Å²) in [5.74, 6) is 0.636. The Morgan fingerprint density at radius 1 is 1.45 bits per heavy atom. The van der Waals surface area contributed by atoms with Gasteiger partial charge in [0.15, 0.2) is 11.5 Å². The van der Waals surface area contributed by atoms with E-state index in [2.05, 4.69) is 24.3 Å². The van der Waals surface area contributed by atoms with Crippen LogP contribution in [0.4, 0.5) is 5.69 Å².